The van der Waals surface area contributed by atoms with Crippen molar-refractivity contribution < 1.29 is 19.1 Å². The third kappa shape index (κ3) is 7.35. The molecule has 2 N–H and O–H groups in total. The normalized spacial score (nSPS) is 10.4. The first-order chi connectivity index (χ1) is 16.9. The predicted octanol–water partition coefficient (Wildman–Crippen LogP) is 5.27. The second kappa shape index (κ2) is 13.0. The Morgan fingerprint density at radius 2 is 1.74 bits per heavy atom. The standard InChI is InChI=1S/C26H26BrN3O4S/c1-3-30(21-10-5-4-6-11-21)25(32)19-8-7-9-20(16-19)28-26(35)29-24(31)18-12-13-23(22(27)17-18)34-15-14-33-2/h4-13,16-17H,3,14-15H2,1-2H3,(H2,28,29,31,35). The molecule has 3 aromatic carbocycles. The van der Waals surface area contributed by atoms with Gasteiger partial charge < -0.3 is 19.7 Å². The van der Waals surface area contributed by atoms with Gasteiger partial charge >= 0.3 is 0 Å². The molecule has 0 bridgehead atoms. The number of benzene rings is 3. The van der Waals surface area contributed by atoms with Crippen LogP contribution in [0.2, 0.25) is 0 Å². The molecule has 2 amide bonds. The van der Waals surface area contributed by atoms with Crippen molar-refractivity contribution >= 4 is 56.4 Å². The highest BCUT2D eigenvalue weighted by Crippen LogP contribution is 2.26. The fraction of sp³-hybridized carbons (Fsp3) is 0.192. The number of ether oxygens (including phenoxy) is 2. The van der Waals surface area contributed by atoms with Gasteiger partial charge in [-0.25, -0.2) is 0 Å². The van der Waals surface area contributed by atoms with Crippen molar-refractivity contribution in [3.05, 3.63) is 88.4 Å². The van der Waals surface area contributed by atoms with Gasteiger partial charge in [-0.3, -0.25) is 14.9 Å². The van der Waals surface area contributed by atoms with Crippen LogP contribution in [0.1, 0.15) is 27.6 Å². The third-order valence-corrected chi connectivity index (χ3v) is 5.79. The van der Waals surface area contributed by atoms with Crippen molar-refractivity contribution in [1.29, 1.82) is 0 Å². The van der Waals surface area contributed by atoms with Gasteiger partial charge in [-0.15, -0.1) is 0 Å². The summed E-state index contributed by atoms with van der Waals surface area (Å²) in [5.41, 5.74) is 2.32. The van der Waals surface area contributed by atoms with Crippen LogP contribution >= 0.6 is 28.1 Å². The van der Waals surface area contributed by atoms with Gasteiger partial charge in [0.15, 0.2) is 5.11 Å². The van der Waals surface area contributed by atoms with E-state index in [0.29, 0.717) is 46.8 Å². The van der Waals surface area contributed by atoms with Crippen LogP contribution in [0.5, 0.6) is 5.75 Å². The molecule has 0 spiro atoms. The molecule has 182 valence electrons. The first-order valence-electron chi connectivity index (χ1n) is 10.9. The molecule has 0 saturated heterocycles. The van der Waals surface area contributed by atoms with E-state index in [-0.39, 0.29) is 16.9 Å². The van der Waals surface area contributed by atoms with Gasteiger partial charge in [0.05, 0.1) is 11.1 Å². The third-order valence-electron chi connectivity index (χ3n) is 4.96. The zero-order valence-electron chi connectivity index (χ0n) is 19.4. The van der Waals surface area contributed by atoms with Crippen LogP contribution in [0.15, 0.2) is 77.3 Å². The van der Waals surface area contributed by atoms with Crippen molar-refractivity contribution in [2.45, 2.75) is 6.92 Å². The molecule has 0 heterocycles. The van der Waals surface area contributed by atoms with Gasteiger partial charge in [0, 0.05) is 36.2 Å². The summed E-state index contributed by atoms with van der Waals surface area (Å²) in [5.74, 6) is 0.104. The first-order valence-corrected chi connectivity index (χ1v) is 12.1. The average Bonchev–Trinajstić information content (AvgIpc) is 2.86. The summed E-state index contributed by atoms with van der Waals surface area (Å²) < 4.78 is 11.2. The van der Waals surface area contributed by atoms with Gasteiger partial charge in [0.1, 0.15) is 12.4 Å². The maximum Gasteiger partial charge on any atom is 0.258 e. The van der Waals surface area contributed by atoms with E-state index in [9.17, 15) is 9.59 Å². The molecular weight excluding hydrogens is 530 g/mol. The van der Waals surface area contributed by atoms with Crippen molar-refractivity contribution in [1.82, 2.24) is 5.32 Å². The number of para-hydroxylation sites is 1. The smallest absolute Gasteiger partial charge is 0.258 e. The summed E-state index contributed by atoms with van der Waals surface area (Å²) in [5, 5.41) is 5.75. The molecule has 0 aromatic heterocycles. The Balaban J connectivity index is 1.63. The molecule has 9 heteroatoms. The van der Waals surface area contributed by atoms with Crippen LogP contribution in [0.4, 0.5) is 11.4 Å². The van der Waals surface area contributed by atoms with Crippen LogP contribution in [-0.2, 0) is 4.74 Å². The first kappa shape index (κ1) is 26.3. The lowest BCUT2D eigenvalue weighted by atomic mass is 10.1. The Bertz CT molecular complexity index is 1190. The summed E-state index contributed by atoms with van der Waals surface area (Å²) in [6, 6.07) is 21.5. The molecule has 0 aliphatic heterocycles. The lowest BCUT2D eigenvalue weighted by Crippen LogP contribution is -2.34. The van der Waals surface area contributed by atoms with Crippen LogP contribution < -0.4 is 20.3 Å². The summed E-state index contributed by atoms with van der Waals surface area (Å²) in [6.07, 6.45) is 0. The number of methoxy groups -OCH3 is 1. The van der Waals surface area contributed by atoms with E-state index in [1.807, 2.05) is 37.3 Å². The lowest BCUT2D eigenvalue weighted by Gasteiger charge is -2.21. The topological polar surface area (TPSA) is 79.9 Å². The van der Waals surface area contributed by atoms with E-state index in [1.165, 1.54) is 0 Å². The van der Waals surface area contributed by atoms with Gasteiger partial charge in [-0.2, -0.15) is 0 Å². The van der Waals surface area contributed by atoms with Gasteiger partial charge in [0.2, 0.25) is 0 Å². The molecule has 0 aliphatic rings. The Hall–Kier alpha value is -3.27. The molecule has 0 atom stereocenters. The molecule has 7 nitrogen and oxygen atoms in total. The minimum absolute atomic E-state index is 0.117. The van der Waals surface area contributed by atoms with Crippen LogP contribution in [0, 0.1) is 0 Å². The highest BCUT2D eigenvalue weighted by molar-refractivity contribution is 9.10. The van der Waals surface area contributed by atoms with Crippen molar-refractivity contribution in [3.63, 3.8) is 0 Å². The van der Waals surface area contributed by atoms with Crippen molar-refractivity contribution in [2.24, 2.45) is 0 Å². The maximum absolute atomic E-state index is 13.1. The lowest BCUT2D eigenvalue weighted by molar-refractivity contribution is 0.0973. The van der Waals surface area contributed by atoms with Gasteiger partial charge in [-0.1, -0.05) is 24.3 Å². The van der Waals surface area contributed by atoms with E-state index < -0.39 is 0 Å². The zero-order valence-corrected chi connectivity index (χ0v) is 21.8. The number of rotatable bonds is 9. The number of nitrogens with one attached hydrogen (secondary N) is 2. The van der Waals surface area contributed by atoms with E-state index in [1.54, 1.807) is 54.5 Å². The SMILES string of the molecule is CCN(C(=O)c1cccc(NC(=S)NC(=O)c2ccc(OCCOC)c(Br)c2)c1)c1ccccc1. The summed E-state index contributed by atoms with van der Waals surface area (Å²) in [4.78, 5) is 27.4. The molecule has 0 aliphatic carbocycles. The van der Waals surface area contributed by atoms with Crippen LogP contribution in [0.25, 0.3) is 0 Å². The largest absolute Gasteiger partial charge is 0.490 e. The second-order valence-electron chi connectivity index (χ2n) is 7.36. The number of halogens is 1. The number of thiocarbonyl (C=S) groups is 1. The van der Waals surface area contributed by atoms with Gasteiger partial charge in [0.25, 0.3) is 11.8 Å². The number of carbonyl (C=O) groups is 2. The van der Waals surface area contributed by atoms with Crippen molar-refractivity contribution in [2.75, 3.05) is 37.1 Å². The Morgan fingerprint density at radius 1 is 0.971 bits per heavy atom. The maximum atomic E-state index is 13.1. The van der Waals surface area contributed by atoms with E-state index in [2.05, 4.69) is 26.6 Å². The second-order valence-corrected chi connectivity index (χ2v) is 8.62. The Kier molecular flexibility index (Phi) is 9.77. The number of hydrogen-bond donors (Lipinski definition) is 2. The number of anilines is 2. The minimum atomic E-state index is -0.375. The molecular formula is C26H26BrN3O4S. The zero-order chi connectivity index (χ0) is 25.2. The van der Waals surface area contributed by atoms with Crippen LogP contribution in [-0.4, -0.2) is 43.8 Å². The average molecular weight is 556 g/mol. The quantitative estimate of drug-likeness (QED) is 0.276. The molecule has 35 heavy (non-hydrogen) atoms. The Morgan fingerprint density at radius 3 is 2.43 bits per heavy atom. The fourth-order valence-corrected chi connectivity index (χ4v) is 3.97. The van der Waals surface area contributed by atoms with E-state index >= 15 is 0 Å². The minimum Gasteiger partial charge on any atom is -0.490 e. The van der Waals surface area contributed by atoms with Crippen molar-refractivity contribution in [3.8, 4) is 5.75 Å². The monoisotopic (exact) mass is 555 g/mol. The highest BCUT2D eigenvalue weighted by atomic mass is 79.9. The summed E-state index contributed by atoms with van der Waals surface area (Å²) in [6.45, 7) is 3.32. The van der Waals surface area contributed by atoms with E-state index in [0.717, 1.165) is 5.69 Å². The highest BCUT2D eigenvalue weighted by Gasteiger charge is 2.17. The molecule has 0 unspecified atom stereocenters. The molecule has 0 saturated carbocycles. The predicted molar refractivity (Wildman–Crippen MR) is 145 cm³/mol. The molecule has 3 rings (SSSR count). The van der Waals surface area contributed by atoms with Crippen LogP contribution in [0.3, 0.4) is 0 Å². The molecule has 0 fully saturated rings. The number of carbonyl (C=O) groups excluding carboxylic acids is 2. The van der Waals surface area contributed by atoms with Gasteiger partial charge in [-0.05, 0) is 83.6 Å². The summed E-state index contributed by atoms with van der Waals surface area (Å²) >= 11 is 8.73. The summed E-state index contributed by atoms with van der Waals surface area (Å²) in [7, 11) is 1.60. The Labute approximate surface area is 218 Å². The number of nitrogens with zero attached hydrogens (tertiary/aromatic N) is 1. The van der Waals surface area contributed by atoms with E-state index in [4.69, 9.17) is 21.7 Å². The number of hydrogen-bond acceptors (Lipinski definition) is 5. The number of amides is 2. The molecule has 3 aromatic rings. The molecule has 0 radical (unpaired) electrons. The fourth-order valence-electron chi connectivity index (χ4n) is 3.27.